The fraction of sp³-hybridized carbons (Fsp3) is 0. The molecular weight excluding hydrogens is 335 g/mol. The zero-order chi connectivity index (χ0) is 15.0. The van der Waals surface area contributed by atoms with Crippen LogP contribution >= 0.6 is 34.8 Å². The highest BCUT2D eigenvalue weighted by Gasteiger charge is 2.14. The van der Waals surface area contributed by atoms with Gasteiger partial charge >= 0.3 is 5.63 Å². The Balaban J connectivity index is 2.23. The molecule has 0 atom stereocenters. The first-order valence-corrected chi connectivity index (χ1v) is 7.04. The molecule has 0 amide bonds. The third-order valence-electron chi connectivity index (χ3n) is 2.81. The van der Waals surface area contributed by atoms with Gasteiger partial charge in [0.1, 0.15) is 11.3 Å². The van der Waals surface area contributed by atoms with Gasteiger partial charge in [-0.05, 0) is 24.3 Å². The van der Waals surface area contributed by atoms with Crippen LogP contribution in [0.2, 0.25) is 15.1 Å². The van der Waals surface area contributed by atoms with E-state index in [0.29, 0.717) is 26.0 Å². The largest absolute Gasteiger partial charge is 0.453 e. The van der Waals surface area contributed by atoms with Crippen LogP contribution in [0.25, 0.3) is 11.0 Å². The standard InChI is InChI=1S/C15H7Cl3O3/c16-8-3-2-6-11-14(8)12(7-13(19)20-11)21-15-9(17)4-1-5-10(15)18/h1-7H. The molecule has 0 bridgehead atoms. The Morgan fingerprint density at radius 3 is 2.24 bits per heavy atom. The van der Waals surface area contributed by atoms with Crippen LogP contribution in [0.5, 0.6) is 11.5 Å². The Morgan fingerprint density at radius 2 is 1.52 bits per heavy atom. The quantitative estimate of drug-likeness (QED) is 0.574. The number of para-hydroxylation sites is 1. The van der Waals surface area contributed by atoms with Crippen molar-refractivity contribution in [3.8, 4) is 11.5 Å². The van der Waals surface area contributed by atoms with Gasteiger partial charge in [0.2, 0.25) is 0 Å². The van der Waals surface area contributed by atoms with Crippen molar-refractivity contribution in [3.05, 3.63) is 68.0 Å². The minimum Gasteiger partial charge on any atom is -0.453 e. The van der Waals surface area contributed by atoms with Gasteiger partial charge in [0.05, 0.1) is 26.5 Å². The number of benzene rings is 2. The smallest absolute Gasteiger partial charge is 0.339 e. The second kappa shape index (κ2) is 5.60. The Kier molecular flexibility index (Phi) is 3.81. The average molecular weight is 342 g/mol. The van der Waals surface area contributed by atoms with Crippen molar-refractivity contribution in [1.29, 1.82) is 0 Å². The van der Waals surface area contributed by atoms with E-state index in [1.807, 2.05) is 0 Å². The lowest BCUT2D eigenvalue weighted by molar-refractivity contribution is 0.475. The molecule has 0 aliphatic carbocycles. The lowest BCUT2D eigenvalue weighted by Crippen LogP contribution is -1.99. The molecule has 1 heterocycles. The fourth-order valence-corrected chi connectivity index (χ4v) is 2.65. The summed E-state index contributed by atoms with van der Waals surface area (Å²) in [5, 5.41) is 1.54. The Bertz CT molecular complexity index is 867. The Labute approximate surface area is 134 Å². The van der Waals surface area contributed by atoms with E-state index in [4.69, 9.17) is 44.0 Å². The number of ether oxygens (including phenoxy) is 1. The zero-order valence-electron chi connectivity index (χ0n) is 10.4. The Morgan fingerprint density at radius 1 is 0.905 bits per heavy atom. The van der Waals surface area contributed by atoms with Gasteiger partial charge in [-0.3, -0.25) is 0 Å². The van der Waals surface area contributed by atoms with Gasteiger partial charge < -0.3 is 9.15 Å². The molecule has 0 radical (unpaired) electrons. The van der Waals surface area contributed by atoms with E-state index in [1.54, 1.807) is 36.4 Å². The maximum Gasteiger partial charge on any atom is 0.339 e. The third kappa shape index (κ3) is 2.72. The zero-order valence-corrected chi connectivity index (χ0v) is 12.7. The number of hydrogen-bond donors (Lipinski definition) is 0. The van der Waals surface area contributed by atoms with Crippen molar-refractivity contribution in [2.24, 2.45) is 0 Å². The van der Waals surface area contributed by atoms with Crippen LogP contribution in [0.1, 0.15) is 0 Å². The van der Waals surface area contributed by atoms with Crippen LogP contribution in [0.15, 0.2) is 51.7 Å². The predicted molar refractivity (Wildman–Crippen MR) is 84.0 cm³/mol. The molecule has 2 aromatic carbocycles. The molecule has 3 aromatic rings. The summed E-state index contributed by atoms with van der Waals surface area (Å²) in [5.74, 6) is 0.495. The lowest BCUT2D eigenvalue weighted by Gasteiger charge is -2.11. The molecule has 1 aromatic heterocycles. The maximum atomic E-state index is 11.6. The van der Waals surface area contributed by atoms with Crippen LogP contribution < -0.4 is 10.4 Å². The van der Waals surface area contributed by atoms with Crippen LogP contribution in [0, 0.1) is 0 Å². The van der Waals surface area contributed by atoms with Crippen molar-refractivity contribution in [1.82, 2.24) is 0 Å². The molecule has 106 valence electrons. The van der Waals surface area contributed by atoms with E-state index in [-0.39, 0.29) is 11.5 Å². The topological polar surface area (TPSA) is 39.4 Å². The van der Waals surface area contributed by atoms with E-state index >= 15 is 0 Å². The monoisotopic (exact) mass is 340 g/mol. The number of hydrogen-bond acceptors (Lipinski definition) is 3. The van der Waals surface area contributed by atoms with Crippen molar-refractivity contribution in [2.45, 2.75) is 0 Å². The summed E-state index contributed by atoms with van der Waals surface area (Å²) in [6.45, 7) is 0. The van der Waals surface area contributed by atoms with E-state index in [1.165, 1.54) is 6.07 Å². The summed E-state index contributed by atoms with van der Waals surface area (Å²) in [6.07, 6.45) is 0. The van der Waals surface area contributed by atoms with Crippen molar-refractivity contribution in [2.75, 3.05) is 0 Å². The number of rotatable bonds is 2. The highest BCUT2D eigenvalue weighted by atomic mass is 35.5. The van der Waals surface area contributed by atoms with Crippen LogP contribution in [-0.2, 0) is 0 Å². The normalized spacial score (nSPS) is 10.8. The molecular formula is C15H7Cl3O3. The van der Waals surface area contributed by atoms with Crippen molar-refractivity contribution < 1.29 is 9.15 Å². The summed E-state index contributed by atoms with van der Waals surface area (Å²) >= 11 is 18.3. The minimum absolute atomic E-state index is 0.238. The molecule has 0 saturated carbocycles. The van der Waals surface area contributed by atoms with Crippen LogP contribution in [0.3, 0.4) is 0 Å². The minimum atomic E-state index is -0.553. The van der Waals surface area contributed by atoms with E-state index in [2.05, 4.69) is 0 Å². The van der Waals surface area contributed by atoms with Gasteiger partial charge in [0, 0.05) is 0 Å². The van der Waals surface area contributed by atoms with Crippen LogP contribution in [-0.4, -0.2) is 0 Å². The van der Waals surface area contributed by atoms with Gasteiger partial charge in [-0.1, -0.05) is 46.9 Å². The molecule has 3 nitrogen and oxygen atoms in total. The van der Waals surface area contributed by atoms with Gasteiger partial charge in [-0.2, -0.15) is 0 Å². The molecule has 0 unspecified atom stereocenters. The van der Waals surface area contributed by atoms with Gasteiger partial charge in [-0.25, -0.2) is 4.79 Å². The molecule has 0 aliphatic heterocycles. The van der Waals surface area contributed by atoms with Crippen molar-refractivity contribution in [3.63, 3.8) is 0 Å². The Hall–Kier alpha value is -1.68. The highest BCUT2D eigenvalue weighted by molar-refractivity contribution is 6.37. The summed E-state index contributed by atoms with van der Waals surface area (Å²) < 4.78 is 10.8. The molecule has 6 heteroatoms. The fourth-order valence-electron chi connectivity index (χ4n) is 1.92. The maximum absolute atomic E-state index is 11.6. The SMILES string of the molecule is O=c1cc(Oc2c(Cl)cccc2Cl)c2c(Cl)cccc2o1. The summed E-state index contributed by atoms with van der Waals surface area (Å²) in [6, 6.07) is 11.2. The number of halogens is 3. The first-order chi connectivity index (χ1) is 10.1. The molecule has 21 heavy (non-hydrogen) atoms. The van der Waals surface area contributed by atoms with Gasteiger partial charge in [-0.15, -0.1) is 0 Å². The lowest BCUT2D eigenvalue weighted by atomic mass is 10.2. The summed E-state index contributed by atoms with van der Waals surface area (Å²) in [4.78, 5) is 11.6. The van der Waals surface area contributed by atoms with Gasteiger partial charge in [0.15, 0.2) is 5.75 Å². The van der Waals surface area contributed by atoms with Crippen LogP contribution in [0.4, 0.5) is 0 Å². The molecule has 3 rings (SSSR count). The van der Waals surface area contributed by atoms with E-state index in [9.17, 15) is 4.79 Å². The molecule has 0 saturated heterocycles. The van der Waals surface area contributed by atoms with Crippen molar-refractivity contribution >= 4 is 45.8 Å². The first kappa shape index (κ1) is 14.3. The third-order valence-corrected chi connectivity index (χ3v) is 3.72. The molecule has 0 fully saturated rings. The second-order valence-electron chi connectivity index (χ2n) is 4.20. The number of fused-ring (bicyclic) bond motifs is 1. The summed E-state index contributed by atoms with van der Waals surface area (Å²) in [5.41, 5.74) is -0.226. The summed E-state index contributed by atoms with van der Waals surface area (Å²) in [7, 11) is 0. The average Bonchev–Trinajstić information content (AvgIpc) is 2.42. The first-order valence-electron chi connectivity index (χ1n) is 5.90. The second-order valence-corrected chi connectivity index (χ2v) is 5.42. The van der Waals surface area contributed by atoms with E-state index < -0.39 is 5.63 Å². The molecule has 0 N–H and O–H groups in total. The molecule has 0 spiro atoms. The van der Waals surface area contributed by atoms with E-state index in [0.717, 1.165) is 0 Å². The highest BCUT2D eigenvalue weighted by Crippen LogP contribution is 2.39. The molecule has 0 aliphatic rings. The van der Waals surface area contributed by atoms with Gasteiger partial charge in [0.25, 0.3) is 0 Å². The predicted octanol–water partition coefficient (Wildman–Crippen LogP) is 5.55.